The van der Waals surface area contributed by atoms with Gasteiger partial charge in [0.15, 0.2) is 0 Å². The molecule has 0 bridgehead atoms. The van der Waals surface area contributed by atoms with Gasteiger partial charge in [-0.3, -0.25) is 10.3 Å². The maximum Gasteiger partial charge on any atom is 0.123 e. The van der Waals surface area contributed by atoms with Crippen LogP contribution in [0.25, 0.3) is 0 Å². The number of nitrogens with zero attached hydrogens (tertiary/aromatic N) is 3. The van der Waals surface area contributed by atoms with E-state index in [1.807, 2.05) is 12.1 Å². The average molecular weight is 434 g/mol. The first-order valence-corrected chi connectivity index (χ1v) is 12.1. The van der Waals surface area contributed by atoms with Gasteiger partial charge < -0.3 is 14.9 Å². The predicted octanol–water partition coefficient (Wildman–Crippen LogP) is 1.83. The predicted molar refractivity (Wildman–Crippen MR) is 122 cm³/mol. The van der Waals surface area contributed by atoms with Crippen molar-refractivity contribution in [1.29, 1.82) is 0 Å². The van der Waals surface area contributed by atoms with Crippen LogP contribution in [0, 0.1) is 11.7 Å². The van der Waals surface area contributed by atoms with Gasteiger partial charge in [-0.1, -0.05) is 12.1 Å². The Morgan fingerprint density at radius 2 is 1.84 bits per heavy atom. The lowest BCUT2D eigenvalue weighted by molar-refractivity contribution is -0.00181. The molecule has 0 radical (unpaired) electrons. The van der Waals surface area contributed by atoms with Crippen LogP contribution in [0.4, 0.5) is 4.39 Å². The molecule has 7 heteroatoms. The molecule has 0 aromatic heterocycles. The van der Waals surface area contributed by atoms with Gasteiger partial charge in [-0.2, -0.15) is 0 Å². The van der Waals surface area contributed by atoms with Gasteiger partial charge in [-0.05, 0) is 63.9 Å². The molecular formula is C24H40FN5O. The highest BCUT2D eigenvalue weighted by molar-refractivity contribution is 5.21. The van der Waals surface area contributed by atoms with E-state index in [2.05, 4.69) is 39.4 Å². The molecule has 3 saturated heterocycles. The summed E-state index contributed by atoms with van der Waals surface area (Å²) < 4.78 is 13.3. The Balaban J connectivity index is 1.34. The Morgan fingerprint density at radius 1 is 1.10 bits per heavy atom. The summed E-state index contributed by atoms with van der Waals surface area (Å²) in [7, 11) is 0. The van der Waals surface area contributed by atoms with Crippen LogP contribution < -0.4 is 10.9 Å². The number of piperazine rings is 1. The highest BCUT2D eigenvalue weighted by Gasteiger charge is 2.36. The third-order valence-electron chi connectivity index (χ3n) is 7.59. The van der Waals surface area contributed by atoms with Crippen LogP contribution in [-0.2, 0) is 0 Å². The Kier molecular flexibility index (Phi) is 7.96. The second-order valence-electron chi connectivity index (χ2n) is 9.84. The van der Waals surface area contributed by atoms with Crippen molar-refractivity contribution >= 4 is 0 Å². The quantitative estimate of drug-likeness (QED) is 0.610. The first-order chi connectivity index (χ1) is 15.0. The summed E-state index contributed by atoms with van der Waals surface area (Å²) in [6.45, 7) is 12.3. The van der Waals surface area contributed by atoms with Crippen LogP contribution in [0.2, 0.25) is 0 Å². The molecule has 3 unspecified atom stereocenters. The van der Waals surface area contributed by atoms with Crippen LogP contribution in [0.1, 0.15) is 44.7 Å². The van der Waals surface area contributed by atoms with Crippen LogP contribution in [0.15, 0.2) is 24.3 Å². The highest BCUT2D eigenvalue weighted by Crippen LogP contribution is 2.28. The molecule has 31 heavy (non-hydrogen) atoms. The van der Waals surface area contributed by atoms with Gasteiger partial charge in [0.25, 0.3) is 0 Å². The number of piperidine rings is 1. The van der Waals surface area contributed by atoms with Gasteiger partial charge >= 0.3 is 0 Å². The second-order valence-corrected chi connectivity index (χ2v) is 9.84. The Morgan fingerprint density at radius 3 is 2.52 bits per heavy atom. The summed E-state index contributed by atoms with van der Waals surface area (Å²) in [4.78, 5) is 7.87. The molecule has 3 heterocycles. The van der Waals surface area contributed by atoms with Crippen molar-refractivity contribution in [1.82, 2.24) is 25.6 Å². The topological polar surface area (TPSA) is 54.0 Å². The zero-order chi connectivity index (χ0) is 21.8. The van der Waals surface area contributed by atoms with Gasteiger partial charge in [-0.15, -0.1) is 0 Å². The fourth-order valence-corrected chi connectivity index (χ4v) is 5.78. The number of aliphatic hydroxyl groups is 1. The summed E-state index contributed by atoms with van der Waals surface area (Å²) in [5, 5.41) is 9.73. The minimum absolute atomic E-state index is 0.187. The monoisotopic (exact) mass is 433 g/mol. The zero-order valence-electron chi connectivity index (χ0n) is 19.1. The standard InChI is InChI=1S/C24H40FN5O/c1-18(2)29-10-7-22(8-11-29)30-13-12-28(17-23(30)9-14-31)16-20-15-26-27-24(20)19-3-5-21(25)6-4-19/h3-6,18,20,22-24,26-27,31H,7-17H2,1-2H3. The third kappa shape index (κ3) is 5.64. The number of halogens is 1. The molecule has 3 atom stereocenters. The number of rotatable bonds is 7. The molecule has 3 fully saturated rings. The van der Waals surface area contributed by atoms with Crippen LogP contribution in [0.3, 0.4) is 0 Å². The van der Waals surface area contributed by atoms with Crippen molar-refractivity contribution in [2.75, 3.05) is 52.4 Å². The number of hydrazine groups is 1. The number of aliphatic hydroxyl groups excluding tert-OH is 1. The maximum atomic E-state index is 13.3. The number of likely N-dealkylation sites (tertiary alicyclic amines) is 1. The smallest absolute Gasteiger partial charge is 0.123 e. The fourth-order valence-electron chi connectivity index (χ4n) is 5.78. The summed E-state index contributed by atoms with van der Waals surface area (Å²) in [5.74, 6) is 0.259. The molecule has 3 aliphatic rings. The Hall–Kier alpha value is -1.09. The summed E-state index contributed by atoms with van der Waals surface area (Å²) in [6, 6.07) is 8.80. The van der Waals surface area contributed by atoms with Crippen LogP contribution in [0.5, 0.6) is 0 Å². The van der Waals surface area contributed by atoms with E-state index in [-0.39, 0.29) is 18.5 Å². The minimum Gasteiger partial charge on any atom is -0.396 e. The van der Waals surface area contributed by atoms with Crippen molar-refractivity contribution in [3.05, 3.63) is 35.6 Å². The van der Waals surface area contributed by atoms with Gasteiger partial charge in [0.2, 0.25) is 0 Å². The normalized spacial score (nSPS) is 29.8. The average Bonchev–Trinajstić information content (AvgIpc) is 3.23. The highest BCUT2D eigenvalue weighted by atomic mass is 19.1. The van der Waals surface area contributed by atoms with E-state index in [1.165, 1.54) is 25.9 Å². The molecule has 0 amide bonds. The van der Waals surface area contributed by atoms with Crippen LogP contribution >= 0.6 is 0 Å². The largest absolute Gasteiger partial charge is 0.396 e. The van der Waals surface area contributed by atoms with E-state index in [1.54, 1.807) is 12.1 Å². The van der Waals surface area contributed by atoms with Crippen molar-refractivity contribution < 1.29 is 9.50 Å². The SMILES string of the molecule is CC(C)N1CCC(N2CCN(CC3CNNC3c3ccc(F)cc3)CC2CCO)CC1. The molecule has 1 aromatic carbocycles. The number of hydrogen-bond donors (Lipinski definition) is 3. The van der Waals surface area contributed by atoms with E-state index in [9.17, 15) is 9.50 Å². The second kappa shape index (κ2) is 10.7. The van der Waals surface area contributed by atoms with Gasteiger partial charge in [-0.25, -0.2) is 9.82 Å². The third-order valence-corrected chi connectivity index (χ3v) is 7.59. The number of nitrogens with one attached hydrogen (secondary N) is 2. The van der Waals surface area contributed by atoms with Crippen molar-refractivity contribution in [2.24, 2.45) is 5.92 Å². The molecule has 0 saturated carbocycles. The molecule has 174 valence electrons. The molecular weight excluding hydrogens is 393 g/mol. The van der Waals surface area contributed by atoms with E-state index >= 15 is 0 Å². The first-order valence-electron chi connectivity index (χ1n) is 12.1. The van der Waals surface area contributed by atoms with E-state index in [0.29, 0.717) is 24.0 Å². The number of benzene rings is 1. The van der Waals surface area contributed by atoms with Gasteiger partial charge in [0.05, 0.1) is 6.04 Å². The van der Waals surface area contributed by atoms with Crippen molar-refractivity contribution in [2.45, 2.75) is 57.3 Å². The Labute approximate surface area is 186 Å². The van der Waals surface area contributed by atoms with Crippen LogP contribution in [-0.4, -0.2) is 90.4 Å². The van der Waals surface area contributed by atoms with Crippen molar-refractivity contribution in [3.8, 4) is 0 Å². The first kappa shape index (κ1) is 23.1. The zero-order valence-corrected chi connectivity index (χ0v) is 19.1. The fraction of sp³-hybridized carbons (Fsp3) is 0.750. The minimum atomic E-state index is -0.187. The molecule has 0 spiro atoms. The van der Waals surface area contributed by atoms with E-state index in [0.717, 1.165) is 44.7 Å². The van der Waals surface area contributed by atoms with E-state index < -0.39 is 0 Å². The lowest BCUT2D eigenvalue weighted by Gasteiger charge is -2.48. The van der Waals surface area contributed by atoms with Gasteiger partial charge in [0.1, 0.15) is 5.82 Å². The number of hydrogen-bond acceptors (Lipinski definition) is 6. The maximum absolute atomic E-state index is 13.3. The molecule has 3 aliphatic heterocycles. The molecule has 6 nitrogen and oxygen atoms in total. The van der Waals surface area contributed by atoms with E-state index in [4.69, 9.17) is 0 Å². The van der Waals surface area contributed by atoms with Crippen molar-refractivity contribution in [3.63, 3.8) is 0 Å². The van der Waals surface area contributed by atoms with Gasteiger partial charge in [0, 0.05) is 63.4 Å². The summed E-state index contributed by atoms with van der Waals surface area (Å²) >= 11 is 0. The molecule has 3 N–H and O–H groups in total. The molecule has 0 aliphatic carbocycles. The Bertz CT molecular complexity index is 679. The summed E-state index contributed by atoms with van der Waals surface area (Å²) in [6.07, 6.45) is 3.33. The summed E-state index contributed by atoms with van der Waals surface area (Å²) in [5.41, 5.74) is 7.84. The molecule has 1 aromatic rings. The molecule has 4 rings (SSSR count). The lowest BCUT2D eigenvalue weighted by atomic mass is 9.93. The lowest BCUT2D eigenvalue weighted by Crippen LogP contribution is -2.59.